The van der Waals surface area contributed by atoms with Gasteiger partial charge in [0.2, 0.25) is 0 Å². The molecule has 1 amide bonds. The predicted molar refractivity (Wildman–Crippen MR) is 129 cm³/mol. The van der Waals surface area contributed by atoms with Crippen LogP contribution in [0.15, 0.2) is 11.6 Å². The third-order valence-corrected chi connectivity index (χ3v) is 11.5. The van der Waals surface area contributed by atoms with Gasteiger partial charge in [0, 0.05) is 25.7 Å². The summed E-state index contributed by atoms with van der Waals surface area (Å²) in [6.07, 6.45) is 12.0. The molecule has 0 bridgehead atoms. The summed E-state index contributed by atoms with van der Waals surface area (Å²) in [6.45, 7) is 10.2. The highest BCUT2D eigenvalue weighted by atomic mass is 16.3. The van der Waals surface area contributed by atoms with Gasteiger partial charge in [-0.1, -0.05) is 32.4 Å². The zero-order chi connectivity index (χ0) is 23.0. The van der Waals surface area contributed by atoms with Crippen LogP contribution in [-0.4, -0.2) is 59.6 Å². The summed E-state index contributed by atoms with van der Waals surface area (Å²) < 4.78 is 0. The van der Waals surface area contributed by atoms with Crippen LogP contribution >= 0.6 is 0 Å². The standard InChI is InChI=1S/C28H46N2O2/c1-17(2)25(31)26(32)30(6)20-11-13-27(4)19(15-20)7-8-21-23(27)12-14-28-16-29(5)18(3)22(28)9-10-24(21)28/h7,17-18,20-25,31H,8-16H2,1-6H3/t18-,20-,21+,22+,23-,24-,25?,27-,28-/m0/s1. The summed E-state index contributed by atoms with van der Waals surface area (Å²) in [4.78, 5) is 17.3. The fourth-order valence-corrected chi connectivity index (χ4v) is 9.45. The molecular weight excluding hydrogens is 396 g/mol. The van der Waals surface area contributed by atoms with E-state index in [4.69, 9.17) is 0 Å². The first-order valence-electron chi connectivity index (χ1n) is 13.4. The van der Waals surface area contributed by atoms with Crippen LogP contribution in [0, 0.1) is 40.4 Å². The van der Waals surface area contributed by atoms with E-state index >= 15 is 0 Å². The number of allylic oxidation sites excluding steroid dienone is 1. The van der Waals surface area contributed by atoms with Crippen LogP contribution < -0.4 is 0 Å². The minimum atomic E-state index is -0.880. The lowest BCUT2D eigenvalue weighted by Gasteiger charge is -2.58. The number of carbonyl (C=O) groups is 1. The lowest BCUT2D eigenvalue weighted by Crippen LogP contribution is -2.53. The summed E-state index contributed by atoms with van der Waals surface area (Å²) in [7, 11) is 4.27. The third kappa shape index (κ3) is 3.11. The maximum atomic E-state index is 12.8. The Labute approximate surface area is 195 Å². The lowest BCUT2D eigenvalue weighted by atomic mass is 9.47. The zero-order valence-electron chi connectivity index (χ0n) is 21.3. The fraction of sp³-hybridized carbons (Fsp3) is 0.893. The molecule has 180 valence electrons. The van der Waals surface area contributed by atoms with Crippen LogP contribution in [0.4, 0.5) is 0 Å². The lowest BCUT2D eigenvalue weighted by molar-refractivity contribution is -0.144. The molecular formula is C28H46N2O2. The van der Waals surface area contributed by atoms with Gasteiger partial charge in [0.15, 0.2) is 0 Å². The molecule has 1 spiro atoms. The molecule has 0 aromatic carbocycles. The van der Waals surface area contributed by atoms with Gasteiger partial charge in [-0.2, -0.15) is 0 Å². The van der Waals surface area contributed by atoms with E-state index < -0.39 is 6.10 Å². The van der Waals surface area contributed by atoms with Gasteiger partial charge in [0.05, 0.1) is 0 Å². The molecule has 9 atom stereocenters. The Morgan fingerprint density at radius 2 is 1.88 bits per heavy atom. The smallest absolute Gasteiger partial charge is 0.251 e. The SMILES string of the molecule is CC(C)C(O)C(=O)N(C)[C@H]1CC[C@@]2(C)C(=CC[C@H]3[C@@H]4CC[C@@H]5[C@H](C)N(C)C[C@@]54CC[C@@H]32)C1. The molecule has 1 heterocycles. The van der Waals surface area contributed by atoms with Gasteiger partial charge in [-0.05, 0) is 106 Å². The fourth-order valence-electron chi connectivity index (χ4n) is 9.45. The molecule has 5 aliphatic rings. The number of likely N-dealkylation sites (tertiary alicyclic amines) is 1. The van der Waals surface area contributed by atoms with Crippen LogP contribution in [0.25, 0.3) is 0 Å². The second-order valence-electron chi connectivity index (χ2n) is 12.9. The molecule has 1 saturated heterocycles. The number of hydrogen-bond donors (Lipinski definition) is 1. The third-order valence-electron chi connectivity index (χ3n) is 11.5. The Morgan fingerprint density at radius 1 is 1.16 bits per heavy atom. The van der Waals surface area contributed by atoms with Crippen LogP contribution in [0.3, 0.4) is 0 Å². The van der Waals surface area contributed by atoms with Crippen molar-refractivity contribution in [2.75, 3.05) is 20.6 Å². The largest absolute Gasteiger partial charge is 0.383 e. The number of rotatable bonds is 3. The highest BCUT2D eigenvalue weighted by Gasteiger charge is 2.64. The zero-order valence-corrected chi connectivity index (χ0v) is 21.3. The van der Waals surface area contributed by atoms with Crippen molar-refractivity contribution in [1.29, 1.82) is 0 Å². The second-order valence-corrected chi connectivity index (χ2v) is 12.9. The van der Waals surface area contributed by atoms with E-state index in [1.54, 1.807) is 5.57 Å². The Hall–Kier alpha value is -0.870. The molecule has 0 aromatic rings. The molecule has 5 rings (SSSR count). The van der Waals surface area contributed by atoms with Crippen LogP contribution in [0.1, 0.15) is 79.1 Å². The normalized spacial score (nSPS) is 46.7. The van der Waals surface area contributed by atoms with E-state index in [9.17, 15) is 9.90 Å². The highest BCUT2D eigenvalue weighted by Crippen LogP contribution is 2.68. The molecule has 1 unspecified atom stereocenters. The number of fused-ring (bicyclic) bond motifs is 4. The average molecular weight is 443 g/mol. The molecule has 0 aromatic heterocycles. The number of hydrogen-bond acceptors (Lipinski definition) is 3. The molecule has 4 fully saturated rings. The van der Waals surface area contributed by atoms with Gasteiger partial charge in [0.1, 0.15) is 6.10 Å². The highest BCUT2D eigenvalue weighted by molar-refractivity contribution is 5.81. The van der Waals surface area contributed by atoms with E-state index in [0.717, 1.165) is 42.6 Å². The monoisotopic (exact) mass is 442 g/mol. The molecule has 4 heteroatoms. The summed E-state index contributed by atoms with van der Waals surface area (Å²) >= 11 is 0. The molecule has 32 heavy (non-hydrogen) atoms. The number of carbonyl (C=O) groups excluding carboxylic acids is 1. The van der Waals surface area contributed by atoms with E-state index in [1.165, 1.54) is 45.1 Å². The maximum absolute atomic E-state index is 12.8. The number of nitrogens with zero attached hydrogens (tertiary/aromatic N) is 2. The van der Waals surface area contributed by atoms with Crippen LogP contribution in [-0.2, 0) is 4.79 Å². The van der Waals surface area contributed by atoms with E-state index in [0.29, 0.717) is 10.8 Å². The van der Waals surface area contributed by atoms with Crippen molar-refractivity contribution in [3.63, 3.8) is 0 Å². The van der Waals surface area contributed by atoms with Crippen molar-refractivity contribution >= 4 is 5.91 Å². The topological polar surface area (TPSA) is 43.8 Å². The van der Waals surface area contributed by atoms with Crippen molar-refractivity contribution in [3.05, 3.63) is 11.6 Å². The molecule has 4 aliphatic carbocycles. The Balaban J connectivity index is 1.35. The van der Waals surface area contributed by atoms with Gasteiger partial charge < -0.3 is 14.9 Å². The molecule has 4 nitrogen and oxygen atoms in total. The Bertz CT molecular complexity index is 792. The van der Waals surface area contributed by atoms with Crippen LogP contribution in [0.2, 0.25) is 0 Å². The summed E-state index contributed by atoms with van der Waals surface area (Å²) in [5, 5.41) is 10.3. The first-order valence-corrected chi connectivity index (χ1v) is 13.4. The van der Waals surface area contributed by atoms with Crippen molar-refractivity contribution < 1.29 is 9.90 Å². The van der Waals surface area contributed by atoms with E-state index in [2.05, 4.69) is 31.9 Å². The first-order chi connectivity index (χ1) is 15.1. The minimum absolute atomic E-state index is 0.0318. The van der Waals surface area contributed by atoms with Crippen molar-refractivity contribution in [1.82, 2.24) is 9.80 Å². The van der Waals surface area contributed by atoms with Crippen LogP contribution in [0.5, 0.6) is 0 Å². The summed E-state index contributed by atoms with van der Waals surface area (Å²) in [6, 6.07) is 0.994. The summed E-state index contributed by atoms with van der Waals surface area (Å²) in [5.41, 5.74) is 2.53. The quantitative estimate of drug-likeness (QED) is 0.643. The van der Waals surface area contributed by atoms with Gasteiger partial charge >= 0.3 is 0 Å². The molecule has 3 saturated carbocycles. The molecule has 0 radical (unpaired) electrons. The second kappa shape index (κ2) is 7.83. The van der Waals surface area contributed by atoms with E-state index in [1.807, 2.05) is 25.8 Å². The van der Waals surface area contributed by atoms with Gasteiger partial charge in [-0.25, -0.2) is 0 Å². The number of aliphatic hydroxyl groups excluding tert-OH is 1. The number of aliphatic hydroxyl groups is 1. The van der Waals surface area contributed by atoms with E-state index in [-0.39, 0.29) is 17.9 Å². The minimum Gasteiger partial charge on any atom is -0.383 e. The molecule has 1 aliphatic heterocycles. The first kappa shape index (κ1) is 22.9. The maximum Gasteiger partial charge on any atom is 0.251 e. The average Bonchev–Trinajstić information content (AvgIpc) is 3.25. The Morgan fingerprint density at radius 3 is 2.59 bits per heavy atom. The van der Waals surface area contributed by atoms with Crippen molar-refractivity contribution in [2.45, 2.75) is 97.2 Å². The number of amides is 1. The van der Waals surface area contributed by atoms with Gasteiger partial charge in [0.25, 0.3) is 5.91 Å². The molecule has 1 N–H and O–H groups in total. The predicted octanol–water partition coefficient (Wildman–Crippen LogP) is 4.72. The van der Waals surface area contributed by atoms with Gasteiger partial charge in [-0.3, -0.25) is 4.79 Å². The van der Waals surface area contributed by atoms with Crippen molar-refractivity contribution in [2.24, 2.45) is 40.4 Å². The van der Waals surface area contributed by atoms with Crippen molar-refractivity contribution in [3.8, 4) is 0 Å². The number of likely N-dealkylation sites (N-methyl/N-ethyl adjacent to an activating group) is 1. The Kier molecular flexibility index (Phi) is 5.61. The summed E-state index contributed by atoms with van der Waals surface area (Å²) in [5.74, 6) is 3.38. The van der Waals surface area contributed by atoms with Gasteiger partial charge in [-0.15, -0.1) is 0 Å².